The fourth-order valence-electron chi connectivity index (χ4n) is 1.92. The second-order valence-electron chi connectivity index (χ2n) is 6.14. The van der Waals surface area contributed by atoms with Gasteiger partial charge in [-0.25, -0.2) is 9.59 Å². The lowest BCUT2D eigenvalue weighted by Crippen LogP contribution is -2.34. The maximum Gasteiger partial charge on any atom is 0.339 e. The highest BCUT2D eigenvalue weighted by Gasteiger charge is 2.18. The van der Waals surface area contributed by atoms with Crippen LogP contribution in [0.3, 0.4) is 0 Å². The van der Waals surface area contributed by atoms with Crippen molar-refractivity contribution < 1.29 is 33.8 Å². The molecule has 1 unspecified atom stereocenters. The number of aliphatic carboxylic acids is 1. The van der Waals surface area contributed by atoms with Crippen LogP contribution in [0.1, 0.15) is 66.7 Å². The minimum absolute atomic E-state index is 0.269. The van der Waals surface area contributed by atoms with Crippen LogP contribution < -0.4 is 11.5 Å². The molecule has 162 valence electrons. The first-order valence-electron chi connectivity index (χ1n) is 9.44. The monoisotopic (exact) mass is 410 g/mol. The van der Waals surface area contributed by atoms with E-state index in [-0.39, 0.29) is 17.5 Å². The van der Waals surface area contributed by atoms with Crippen LogP contribution in [0.4, 0.5) is 0 Å². The first-order valence-corrected chi connectivity index (χ1v) is 9.44. The molecule has 1 atom stereocenters. The zero-order valence-electron chi connectivity index (χ0n) is 16.9. The van der Waals surface area contributed by atoms with Gasteiger partial charge in [-0.1, -0.05) is 38.8 Å². The number of hydrogen-bond acceptors (Lipinski definition) is 7. The van der Waals surface area contributed by atoms with Gasteiger partial charge >= 0.3 is 17.9 Å². The third-order valence-electron chi connectivity index (χ3n) is 3.57. The van der Waals surface area contributed by atoms with E-state index in [9.17, 15) is 19.2 Å². The van der Waals surface area contributed by atoms with Gasteiger partial charge < -0.3 is 26.0 Å². The molecule has 0 aliphatic heterocycles. The lowest BCUT2D eigenvalue weighted by atomic mass is 10.1. The van der Waals surface area contributed by atoms with Gasteiger partial charge in [0.2, 0.25) is 5.91 Å². The molecular weight excluding hydrogens is 380 g/mol. The molecule has 9 heteroatoms. The number of ether oxygens (including phenoxy) is 2. The predicted molar refractivity (Wildman–Crippen MR) is 106 cm³/mol. The topological polar surface area (TPSA) is 159 Å². The molecule has 0 spiro atoms. The van der Waals surface area contributed by atoms with Gasteiger partial charge in [-0.3, -0.25) is 9.59 Å². The average molecular weight is 410 g/mol. The minimum Gasteiger partial charge on any atom is -0.480 e. The standard InChI is InChI=1S/C16H22O4.C4H8N2O3/c1-3-5-11-19-15(17)13-9-7-8-10-14(13)16(18)20-12-6-4-2;5-2(4(8)9)1-3(6)7/h7-10H,3-6,11-12H2,1-2H3;2H,1,5H2,(H2,6,7)(H,8,9). The van der Waals surface area contributed by atoms with Crippen molar-refractivity contribution in [3.63, 3.8) is 0 Å². The van der Waals surface area contributed by atoms with Crippen molar-refractivity contribution in [1.82, 2.24) is 0 Å². The maximum atomic E-state index is 11.9. The van der Waals surface area contributed by atoms with Gasteiger partial charge in [-0.05, 0) is 25.0 Å². The Kier molecular flexibility index (Phi) is 13.5. The summed E-state index contributed by atoms with van der Waals surface area (Å²) in [5, 5.41) is 8.10. The number of esters is 2. The first kappa shape index (κ1) is 26.1. The molecule has 0 aromatic heterocycles. The van der Waals surface area contributed by atoms with Crippen LogP contribution in [0.25, 0.3) is 0 Å². The van der Waals surface area contributed by atoms with Crippen LogP contribution in [-0.2, 0) is 19.1 Å². The summed E-state index contributed by atoms with van der Waals surface area (Å²) in [5.41, 5.74) is 10.1. The predicted octanol–water partition coefficient (Wildman–Crippen LogP) is 1.87. The molecule has 1 amide bonds. The molecule has 0 heterocycles. The van der Waals surface area contributed by atoms with E-state index in [1.165, 1.54) is 0 Å². The van der Waals surface area contributed by atoms with Crippen molar-refractivity contribution in [2.24, 2.45) is 11.5 Å². The van der Waals surface area contributed by atoms with Crippen LogP contribution in [0.15, 0.2) is 24.3 Å². The summed E-state index contributed by atoms with van der Waals surface area (Å²) in [4.78, 5) is 43.8. The lowest BCUT2D eigenvalue weighted by molar-refractivity contribution is -0.140. The molecule has 29 heavy (non-hydrogen) atoms. The van der Waals surface area contributed by atoms with E-state index in [1.807, 2.05) is 13.8 Å². The first-order chi connectivity index (χ1) is 13.7. The van der Waals surface area contributed by atoms with E-state index >= 15 is 0 Å². The van der Waals surface area contributed by atoms with Crippen molar-refractivity contribution in [3.05, 3.63) is 35.4 Å². The van der Waals surface area contributed by atoms with E-state index in [4.69, 9.17) is 20.3 Å². The number of carboxylic acid groups (broad SMARTS) is 1. The number of amides is 1. The van der Waals surface area contributed by atoms with Crippen LogP contribution in [0.2, 0.25) is 0 Å². The summed E-state index contributed by atoms with van der Waals surface area (Å²) in [6.45, 7) is 4.78. The van der Waals surface area contributed by atoms with Gasteiger partial charge in [0.15, 0.2) is 0 Å². The second kappa shape index (κ2) is 15.0. The van der Waals surface area contributed by atoms with E-state index in [0.717, 1.165) is 25.7 Å². The highest BCUT2D eigenvalue weighted by atomic mass is 16.5. The molecule has 0 aliphatic carbocycles. The van der Waals surface area contributed by atoms with E-state index in [1.54, 1.807) is 24.3 Å². The molecule has 0 saturated carbocycles. The number of unbranched alkanes of at least 4 members (excludes halogenated alkanes) is 2. The van der Waals surface area contributed by atoms with Gasteiger partial charge in [0.1, 0.15) is 6.04 Å². The Morgan fingerprint density at radius 2 is 1.34 bits per heavy atom. The summed E-state index contributed by atoms with van der Waals surface area (Å²) in [6, 6.07) is 5.43. The molecule has 1 aromatic rings. The fourth-order valence-corrected chi connectivity index (χ4v) is 1.92. The number of benzene rings is 1. The number of carbonyl (C=O) groups excluding carboxylic acids is 3. The van der Waals surface area contributed by atoms with Crippen LogP contribution in [-0.4, -0.2) is 48.2 Å². The van der Waals surface area contributed by atoms with Crippen molar-refractivity contribution >= 4 is 23.8 Å². The highest BCUT2D eigenvalue weighted by Crippen LogP contribution is 2.12. The number of carbonyl (C=O) groups is 4. The molecule has 0 fully saturated rings. The maximum absolute atomic E-state index is 11.9. The third kappa shape index (κ3) is 11.5. The summed E-state index contributed by atoms with van der Waals surface area (Å²) < 4.78 is 10.3. The average Bonchev–Trinajstić information content (AvgIpc) is 2.68. The summed E-state index contributed by atoms with van der Waals surface area (Å²) in [7, 11) is 0. The Hall–Kier alpha value is -2.94. The van der Waals surface area contributed by atoms with Gasteiger partial charge in [-0.2, -0.15) is 0 Å². The Balaban J connectivity index is 0.000000734. The Bertz CT molecular complexity index is 636. The van der Waals surface area contributed by atoms with Crippen LogP contribution in [0.5, 0.6) is 0 Å². The summed E-state index contributed by atoms with van der Waals surface area (Å²) >= 11 is 0. The van der Waals surface area contributed by atoms with Crippen LogP contribution in [0, 0.1) is 0 Å². The van der Waals surface area contributed by atoms with Crippen molar-refractivity contribution in [2.45, 2.75) is 52.0 Å². The van der Waals surface area contributed by atoms with E-state index < -0.39 is 29.9 Å². The number of rotatable bonds is 11. The Morgan fingerprint density at radius 1 is 0.931 bits per heavy atom. The van der Waals surface area contributed by atoms with E-state index in [0.29, 0.717) is 13.2 Å². The van der Waals surface area contributed by atoms with Crippen molar-refractivity contribution in [1.29, 1.82) is 0 Å². The quantitative estimate of drug-likeness (QED) is 0.368. The van der Waals surface area contributed by atoms with Gasteiger partial charge in [0.25, 0.3) is 0 Å². The molecule has 5 N–H and O–H groups in total. The molecule has 9 nitrogen and oxygen atoms in total. The zero-order valence-corrected chi connectivity index (χ0v) is 16.9. The van der Waals surface area contributed by atoms with E-state index in [2.05, 4.69) is 5.73 Å². The molecule has 1 aromatic carbocycles. The number of primary amides is 1. The number of hydrogen-bond donors (Lipinski definition) is 3. The Morgan fingerprint density at radius 3 is 1.62 bits per heavy atom. The van der Waals surface area contributed by atoms with Crippen LogP contribution >= 0.6 is 0 Å². The highest BCUT2D eigenvalue weighted by molar-refractivity contribution is 6.03. The zero-order chi connectivity index (χ0) is 22.2. The smallest absolute Gasteiger partial charge is 0.339 e. The number of carboxylic acids is 1. The molecule has 0 bridgehead atoms. The SMILES string of the molecule is CCCCOC(=O)c1ccccc1C(=O)OCCCC.NC(=O)CC(N)C(=O)O. The molecular formula is C20H30N2O7. The lowest BCUT2D eigenvalue weighted by Gasteiger charge is -2.09. The molecule has 0 radical (unpaired) electrons. The van der Waals surface area contributed by atoms with Gasteiger partial charge in [0.05, 0.1) is 30.8 Å². The normalized spacial score (nSPS) is 10.9. The fraction of sp³-hybridized carbons (Fsp3) is 0.500. The van der Waals surface area contributed by atoms with Gasteiger partial charge in [-0.15, -0.1) is 0 Å². The summed E-state index contributed by atoms with van der Waals surface area (Å²) in [6.07, 6.45) is 3.22. The minimum atomic E-state index is -1.21. The molecule has 0 saturated heterocycles. The second-order valence-corrected chi connectivity index (χ2v) is 6.14. The van der Waals surface area contributed by atoms with Crippen molar-refractivity contribution in [2.75, 3.05) is 13.2 Å². The summed E-state index contributed by atoms with van der Waals surface area (Å²) in [5.74, 6) is -2.86. The molecule has 1 rings (SSSR count). The van der Waals surface area contributed by atoms with Gasteiger partial charge in [0, 0.05) is 0 Å². The third-order valence-corrected chi connectivity index (χ3v) is 3.57. The van der Waals surface area contributed by atoms with Crippen molar-refractivity contribution in [3.8, 4) is 0 Å². The Labute approximate surface area is 170 Å². The molecule has 0 aliphatic rings. The largest absolute Gasteiger partial charge is 0.480 e. The number of nitrogens with two attached hydrogens (primary N) is 2.